The Kier molecular flexibility index (Phi) is 6.77. The van der Waals surface area contributed by atoms with Crippen LogP contribution in [0.25, 0.3) is 11.2 Å². The van der Waals surface area contributed by atoms with Gasteiger partial charge in [-0.3, -0.25) is 4.79 Å². The van der Waals surface area contributed by atoms with E-state index in [1.165, 1.54) is 0 Å². The van der Waals surface area contributed by atoms with Crippen LogP contribution in [-0.4, -0.2) is 20.9 Å². The predicted octanol–water partition coefficient (Wildman–Crippen LogP) is 4.83. The maximum absolute atomic E-state index is 12.1. The first-order valence-corrected chi connectivity index (χ1v) is 10.1. The highest BCUT2D eigenvalue weighted by atomic mass is 35.5. The van der Waals surface area contributed by atoms with E-state index in [4.69, 9.17) is 23.2 Å². The molecule has 0 saturated carbocycles. The van der Waals surface area contributed by atoms with E-state index in [0.29, 0.717) is 40.9 Å². The summed E-state index contributed by atoms with van der Waals surface area (Å²) in [4.78, 5) is 24.3. The third-order valence-electron chi connectivity index (χ3n) is 4.41. The number of carbonyl (C=O) groups is 1. The molecular weight excluding hydrogens is 409 g/mol. The standard InChI is InChI=1S/C21H23Cl2N5O/c1-4-19(29)26-18(21-27-17-6-5-12(2)25-20(17)28-21)7-13(3)24-11-14-8-15(22)10-16(23)9-14/h5-6,8-10,18,24H,3-4,7,11H2,1-2H3,(H,26,29)(H,25,27,28). The number of nitrogens with one attached hydrogen (secondary N) is 3. The minimum atomic E-state index is -0.347. The Balaban J connectivity index is 1.73. The number of amides is 1. The summed E-state index contributed by atoms with van der Waals surface area (Å²) in [6.45, 7) is 8.34. The summed E-state index contributed by atoms with van der Waals surface area (Å²) in [5.74, 6) is 0.586. The van der Waals surface area contributed by atoms with Crippen LogP contribution in [0.5, 0.6) is 0 Å². The van der Waals surface area contributed by atoms with Crippen LogP contribution >= 0.6 is 23.2 Å². The zero-order chi connectivity index (χ0) is 21.0. The van der Waals surface area contributed by atoms with Gasteiger partial charge >= 0.3 is 0 Å². The van der Waals surface area contributed by atoms with Crippen molar-refractivity contribution in [2.45, 2.75) is 39.3 Å². The second-order valence-electron chi connectivity index (χ2n) is 6.86. The van der Waals surface area contributed by atoms with Gasteiger partial charge in [-0.05, 0) is 42.8 Å². The van der Waals surface area contributed by atoms with Crippen LogP contribution in [0.3, 0.4) is 0 Å². The number of aromatic amines is 1. The van der Waals surface area contributed by atoms with Crippen molar-refractivity contribution in [1.82, 2.24) is 25.6 Å². The third-order valence-corrected chi connectivity index (χ3v) is 4.84. The molecule has 2 heterocycles. The number of fused-ring (bicyclic) bond motifs is 1. The van der Waals surface area contributed by atoms with E-state index in [9.17, 15) is 4.79 Å². The molecule has 1 atom stereocenters. The number of aryl methyl sites for hydroxylation is 1. The summed E-state index contributed by atoms with van der Waals surface area (Å²) in [7, 11) is 0. The fraction of sp³-hybridized carbons (Fsp3) is 0.286. The van der Waals surface area contributed by atoms with E-state index in [1.807, 2.05) is 38.1 Å². The second-order valence-corrected chi connectivity index (χ2v) is 7.73. The van der Waals surface area contributed by atoms with Gasteiger partial charge in [0.15, 0.2) is 5.65 Å². The minimum Gasteiger partial charge on any atom is -0.385 e. The lowest BCUT2D eigenvalue weighted by atomic mass is 10.1. The van der Waals surface area contributed by atoms with Crippen LogP contribution in [0.1, 0.15) is 42.9 Å². The van der Waals surface area contributed by atoms with Gasteiger partial charge in [-0.2, -0.15) is 0 Å². The molecule has 1 amide bonds. The Labute approximate surface area is 179 Å². The molecule has 29 heavy (non-hydrogen) atoms. The Bertz CT molecular complexity index is 1030. The van der Waals surface area contributed by atoms with Crippen molar-refractivity contribution in [3.8, 4) is 0 Å². The van der Waals surface area contributed by atoms with Gasteiger partial charge in [-0.15, -0.1) is 0 Å². The number of hydrogen-bond acceptors (Lipinski definition) is 4. The molecule has 0 radical (unpaired) electrons. The van der Waals surface area contributed by atoms with Gasteiger partial charge in [0, 0.05) is 40.8 Å². The number of nitrogens with zero attached hydrogens (tertiary/aromatic N) is 2. The number of pyridine rings is 1. The molecule has 3 rings (SSSR count). The van der Waals surface area contributed by atoms with Crippen molar-refractivity contribution < 1.29 is 4.79 Å². The van der Waals surface area contributed by atoms with E-state index in [-0.39, 0.29) is 11.9 Å². The second kappa shape index (κ2) is 9.29. The molecule has 0 aliphatic carbocycles. The average Bonchev–Trinajstić information content (AvgIpc) is 3.08. The normalized spacial score (nSPS) is 12.0. The Hall–Kier alpha value is -2.57. The largest absolute Gasteiger partial charge is 0.385 e. The molecule has 0 bridgehead atoms. The molecule has 3 aromatic rings. The van der Waals surface area contributed by atoms with Crippen LogP contribution in [0.15, 0.2) is 42.6 Å². The summed E-state index contributed by atoms with van der Waals surface area (Å²) < 4.78 is 0. The molecule has 152 valence electrons. The van der Waals surface area contributed by atoms with Crippen LogP contribution < -0.4 is 10.6 Å². The number of hydrogen-bond donors (Lipinski definition) is 3. The summed E-state index contributed by atoms with van der Waals surface area (Å²) in [6.07, 6.45) is 0.855. The van der Waals surface area contributed by atoms with E-state index in [2.05, 4.69) is 32.2 Å². The number of H-pyrrole nitrogens is 1. The lowest BCUT2D eigenvalue weighted by Crippen LogP contribution is -2.30. The van der Waals surface area contributed by atoms with Crippen LogP contribution in [0.4, 0.5) is 0 Å². The maximum Gasteiger partial charge on any atom is 0.220 e. The number of imidazole rings is 1. The van der Waals surface area contributed by atoms with E-state index >= 15 is 0 Å². The third kappa shape index (κ3) is 5.71. The van der Waals surface area contributed by atoms with Crippen molar-refractivity contribution in [2.75, 3.05) is 0 Å². The highest BCUT2D eigenvalue weighted by molar-refractivity contribution is 6.34. The minimum absolute atomic E-state index is 0.0611. The first-order chi connectivity index (χ1) is 13.8. The topological polar surface area (TPSA) is 82.7 Å². The zero-order valence-corrected chi connectivity index (χ0v) is 17.9. The number of carbonyl (C=O) groups excluding carboxylic acids is 1. The molecule has 3 N–H and O–H groups in total. The molecule has 8 heteroatoms. The van der Waals surface area contributed by atoms with Gasteiger partial charge < -0.3 is 15.6 Å². The van der Waals surface area contributed by atoms with Gasteiger partial charge in [-0.25, -0.2) is 9.97 Å². The molecule has 0 fully saturated rings. The molecule has 0 aliphatic heterocycles. The number of aromatic nitrogens is 3. The lowest BCUT2D eigenvalue weighted by molar-refractivity contribution is -0.121. The molecule has 0 aliphatic rings. The van der Waals surface area contributed by atoms with Crippen molar-refractivity contribution >= 4 is 40.3 Å². The van der Waals surface area contributed by atoms with Crippen LogP contribution in [0, 0.1) is 6.92 Å². The van der Waals surface area contributed by atoms with Gasteiger partial charge in [0.1, 0.15) is 5.82 Å². The van der Waals surface area contributed by atoms with Crippen LogP contribution in [-0.2, 0) is 11.3 Å². The molecule has 6 nitrogen and oxygen atoms in total. The predicted molar refractivity (Wildman–Crippen MR) is 117 cm³/mol. The lowest BCUT2D eigenvalue weighted by Gasteiger charge is -2.19. The van der Waals surface area contributed by atoms with Gasteiger partial charge in [-0.1, -0.05) is 36.7 Å². The number of rotatable bonds is 8. The van der Waals surface area contributed by atoms with E-state index in [1.54, 1.807) is 6.07 Å². The quantitative estimate of drug-likeness (QED) is 0.476. The first-order valence-electron chi connectivity index (χ1n) is 9.33. The van der Waals surface area contributed by atoms with Crippen molar-refractivity contribution in [2.24, 2.45) is 0 Å². The smallest absolute Gasteiger partial charge is 0.220 e. The summed E-state index contributed by atoms with van der Waals surface area (Å²) in [6, 6.07) is 8.88. The SMILES string of the molecule is C=C(CC(NC(=O)CC)c1nc2nc(C)ccc2[nH]1)NCc1cc(Cl)cc(Cl)c1. The zero-order valence-electron chi connectivity index (χ0n) is 16.4. The summed E-state index contributed by atoms with van der Waals surface area (Å²) in [5.41, 5.74) is 4.04. The molecule has 1 unspecified atom stereocenters. The van der Waals surface area contributed by atoms with Crippen molar-refractivity contribution in [3.05, 3.63) is 69.7 Å². The Morgan fingerprint density at radius 2 is 1.93 bits per heavy atom. The first kappa shape index (κ1) is 21.1. The molecule has 1 aromatic carbocycles. The van der Waals surface area contributed by atoms with Crippen molar-refractivity contribution in [3.63, 3.8) is 0 Å². The Morgan fingerprint density at radius 1 is 1.21 bits per heavy atom. The molecule has 2 aromatic heterocycles. The van der Waals surface area contributed by atoms with E-state index < -0.39 is 0 Å². The molecular formula is C21H23Cl2N5O. The van der Waals surface area contributed by atoms with Gasteiger partial charge in [0.2, 0.25) is 5.91 Å². The average molecular weight is 432 g/mol. The Morgan fingerprint density at radius 3 is 2.62 bits per heavy atom. The van der Waals surface area contributed by atoms with Gasteiger partial charge in [0.25, 0.3) is 0 Å². The van der Waals surface area contributed by atoms with Gasteiger partial charge in [0.05, 0.1) is 11.6 Å². The van der Waals surface area contributed by atoms with Crippen LogP contribution in [0.2, 0.25) is 10.0 Å². The highest BCUT2D eigenvalue weighted by Gasteiger charge is 2.19. The number of benzene rings is 1. The highest BCUT2D eigenvalue weighted by Crippen LogP contribution is 2.22. The summed E-state index contributed by atoms with van der Waals surface area (Å²) >= 11 is 12.1. The maximum atomic E-state index is 12.1. The monoisotopic (exact) mass is 431 g/mol. The number of halogens is 2. The molecule has 0 spiro atoms. The van der Waals surface area contributed by atoms with E-state index in [0.717, 1.165) is 22.5 Å². The summed E-state index contributed by atoms with van der Waals surface area (Å²) in [5, 5.41) is 7.43. The fourth-order valence-corrected chi connectivity index (χ4v) is 3.51. The van der Waals surface area contributed by atoms with Crippen molar-refractivity contribution in [1.29, 1.82) is 0 Å². The molecule has 0 saturated heterocycles. The fourth-order valence-electron chi connectivity index (χ4n) is 2.94.